The van der Waals surface area contributed by atoms with Crippen molar-refractivity contribution in [3.05, 3.63) is 18.2 Å². The van der Waals surface area contributed by atoms with Gasteiger partial charge in [0.05, 0.1) is 22.8 Å². The summed E-state index contributed by atoms with van der Waals surface area (Å²) in [4.78, 5) is 7.08. The molecule has 6 nitrogen and oxygen atoms in total. The molecule has 0 amide bonds. The number of nitrogens with zero attached hydrogens (tertiary/aromatic N) is 2. The minimum absolute atomic E-state index is 0.294. The second-order valence-corrected chi connectivity index (χ2v) is 8.29. The van der Waals surface area contributed by atoms with Crippen molar-refractivity contribution in [2.24, 2.45) is 0 Å². The van der Waals surface area contributed by atoms with Crippen molar-refractivity contribution >= 4 is 36.5 Å². The van der Waals surface area contributed by atoms with Gasteiger partial charge in [0.2, 0.25) is 0 Å². The van der Waals surface area contributed by atoms with Crippen LogP contribution >= 0.6 is 11.3 Å². The van der Waals surface area contributed by atoms with Crippen LogP contribution in [0.25, 0.3) is 10.2 Å². The number of para-hydroxylation sites is 1. The highest BCUT2D eigenvalue weighted by molar-refractivity contribution is 7.91. The SMILES string of the molecule is CS(=O)(=O)c1cccc2sc(NCCN3CCOCC3)nc12. The summed E-state index contributed by atoms with van der Waals surface area (Å²) in [6.07, 6.45) is 1.21. The zero-order valence-electron chi connectivity index (χ0n) is 12.4. The van der Waals surface area contributed by atoms with E-state index < -0.39 is 9.84 Å². The van der Waals surface area contributed by atoms with Gasteiger partial charge in [-0.3, -0.25) is 4.90 Å². The normalized spacial score (nSPS) is 17.0. The fraction of sp³-hybridized carbons (Fsp3) is 0.500. The molecule has 2 aromatic rings. The summed E-state index contributed by atoms with van der Waals surface area (Å²) in [7, 11) is -3.26. The molecule has 1 saturated heterocycles. The maximum atomic E-state index is 11.8. The monoisotopic (exact) mass is 341 g/mol. The van der Waals surface area contributed by atoms with Crippen LogP contribution in [0.5, 0.6) is 0 Å². The Hall–Kier alpha value is -1.22. The van der Waals surface area contributed by atoms with Crippen molar-refractivity contribution < 1.29 is 13.2 Å². The van der Waals surface area contributed by atoms with Crippen molar-refractivity contribution in [2.75, 3.05) is 51.0 Å². The lowest BCUT2D eigenvalue weighted by Gasteiger charge is -2.26. The van der Waals surface area contributed by atoms with Gasteiger partial charge in [0.25, 0.3) is 0 Å². The van der Waals surface area contributed by atoms with Crippen molar-refractivity contribution in [3.8, 4) is 0 Å². The van der Waals surface area contributed by atoms with Crippen LogP contribution in [-0.2, 0) is 14.6 Å². The summed E-state index contributed by atoms with van der Waals surface area (Å²) in [6.45, 7) is 5.21. The van der Waals surface area contributed by atoms with Crippen LogP contribution in [0.2, 0.25) is 0 Å². The van der Waals surface area contributed by atoms with Gasteiger partial charge < -0.3 is 10.1 Å². The zero-order valence-corrected chi connectivity index (χ0v) is 14.0. The van der Waals surface area contributed by atoms with Gasteiger partial charge in [-0.15, -0.1) is 0 Å². The van der Waals surface area contributed by atoms with Gasteiger partial charge in [-0.25, -0.2) is 13.4 Å². The van der Waals surface area contributed by atoms with Crippen LogP contribution in [0.3, 0.4) is 0 Å². The number of nitrogens with one attached hydrogen (secondary N) is 1. The topological polar surface area (TPSA) is 71.5 Å². The molecule has 0 bridgehead atoms. The van der Waals surface area contributed by atoms with Crippen molar-refractivity contribution in [2.45, 2.75) is 4.90 Å². The van der Waals surface area contributed by atoms with E-state index in [0.717, 1.165) is 49.2 Å². The van der Waals surface area contributed by atoms with Crippen LogP contribution in [0.1, 0.15) is 0 Å². The molecule has 22 heavy (non-hydrogen) atoms. The minimum atomic E-state index is -3.26. The first-order chi connectivity index (χ1) is 10.5. The number of hydrogen-bond acceptors (Lipinski definition) is 7. The molecular formula is C14H19N3O3S2. The third-order valence-corrected chi connectivity index (χ3v) is 5.70. The highest BCUT2D eigenvalue weighted by Crippen LogP contribution is 2.30. The third-order valence-electron chi connectivity index (χ3n) is 3.59. The molecule has 1 N–H and O–H groups in total. The zero-order chi connectivity index (χ0) is 15.6. The van der Waals surface area contributed by atoms with E-state index in [1.807, 2.05) is 6.07 Å². The second-order valence-electron chi connectivity index (χ2n) is 5.27. The van der Waals surface area contributed by atoms with Crippen LogP contribution in [0.4, 0.5) is 5.13 Å². The Bertz CT molecular complexity index is 752. The Kier molecular flexibility index (Phi) is 4.62. The Balaban J connectivity index is 1.70. The molecule has 0 saturated carbocycles. The fourth-order valence-electron chi connectivity index (χ4n) is 2.44. The van der Waals surface area contributed by atoms with E-state index in [2.05, 4.69) is 15.2 Å². The molecule has 120 valence electrons. The summed E-state index contributed by atoms with van der Waals surface area (Å²) in [5.74, 6) is 0. The van der Waals surface area contributed by atoms with Gasteiger partial charge in [0.1, 0.15) is 5.52 Å². The molecule has 1 aliphatic heterocycles. The minimum Gasteiger partial charge on any atom is -0.379 e. The number of aromatic nitrogens is 1. The molecule has 0 radical (unpaired) electrons. The molecule has 1 fully saturated rings. The highest BCUT2D eigenvalue weighted by atomic mass is 32.2. The van der Waals surface area contributed by atoms with Crippen LogP contribution < -0.4 is 5.32 Å². The first-order valence-corrected chi connectivity index (χ1v) is 9.88. The predicted octanol–water partition coefficient (Wildman–Crippen LogP) is 1.44. The lowest BCUT2D eigenvalue weighted by molar-refractivity contribution is 0.0398. The molecule has 2 heterocycles. The average molecular weight is 341 g/mol. The lowest BCUT2D eigenvalue weighted by atomic mass is 10.3. The summed E-state index contributed by atoms with van der Waals surface area (Å²) in [5, 5.41) is 4.05. The lowest BCUT2D eigenvalue weighted by Crippen LogP contribution is -2.38. The maximum Gasteiger partial charge on any atom is 0.183 e. The number of fused-ring (bicyclic) bond motifs is 1. The number of sulfone groups is 1. The molecule has 1 aromatic carbocycles. The van der Waals surface area contributed by atoms with Gasteiger partial charge in [0.15, 0.2) is 15.0 Å². The average Bonchev–Trinajstić information content (AvgIpc) is 2.89. The molecular weight excluding hydrogens is 322 g/mol. The van der Waals surface area contributed by atoms with Gasteiger partial charge in [0, 0.05) is 32.4 Å². The number of thiazole rings is 1. The smallest absolute Gasteiger partial charge is 0.183 e. The predicted molar refractivity (Wildman–Crippen MR) is 88.5 cm³/mol. The third kappa shape index (κ3) is 3.57. The van der Waals surface area contributed by atoms with E-state index in [1.54, 1.807) is 12.1 Å². The van der Waals surface area contributed by atoms with Crippen LogP contribution in [0.15, 0.2) is 23.1 Å². The first kappa shape index (κ1) is 15.7. The Morgan fingerprint density at radius 1 is 1.36 bits per heavy atom. The number of rotatable bonds is 5. The van der Waals surface area contributed by atoms with E-state index in [0.29, 0.717) is 10.4 Å². The Morgan fingerprint density at radius 2 is 2.14 bits per heavy atom. The van der Waals surface area contributed by atoms with Crippen molar-refractivity contribution in [1.29, 1.82) is 0 Å². The fourth-order valence-corrected chi connectivity index (χ4v) is 4.26. The van der Waals surface area contributed by atoms with Gasteiger partial charge in [-0.2, -0.15) is 0 Å². The molecule has 0 spiro atoms. The van der Waals surface area contributed by atoms with E-state index in [-0.39, 0.29) is 0 Å². The van der Waals surface area contributed by atoms with E-state index in [4.69, 9.17) is 4.74 Å². The highest BCUT2D eigenvalue weighted by Gasteiger charge is 2.15. The number of hydrogen-bond donors (Lipinski definition) is 1. The Labute approximate surface area is 134 Å². The quantitative estimate of drug-likeness (QED) is 0.887. The van der Waals surface area contributed by atoms with Crippen LogP contribution in [-0.4, -0.2) is 64.0 Å². The molecule has 8 heteroatoms. The van der Waals surface area contributed by atoms with Crippen molar-refractivity contribution in [1.82, 2.24) is 9.88 Å². The van der Waals surface area contributed by atoms with Gasteiger partial charge >= 0.3 is 0 Å². The maximum absolute atomic E-state index is 11.8. The molecule has 0 unspecified atom stereocenters. The number of morpholine rings is 1. The number of ether oxygens (including phenoxy) is 1. The standard InChI is InChI=1S/C14H19N3O3S2/c1-22(18,19)12-4-2-3-11-13(12)16-14(21-11)15-5-6-17-7-9-20-10-8-17/h2-4H,5-10H2,1H3,(H,15,16). The molecule has 1 aliphatic rings. The Morgan fingerprint density at radius 3 is 2.86 bits per heavy atom. The molecule has 1 aromatic heterocycles. The van der Waals surface area contributed by atoms with E-state index in [1.165, 1.54) is 17.6 Å². The largest absolute Gasteiger partial charge is 0.379 e. The van der Waals surface area contributed by atoms with E-state index in [9.17, 15) is 8.42 Å². The van der Waals surface area contributed by atoms with Gasteiger partial charge in [-0.05, 0) is 12.1 Å². The van der Waals surface area contributed by atoms with Crippen LogP contribution in [0, 0.1) is 0 Å². The van der Waals surface area contributed by atoms with Crippen molar-refractivity contribution in [3.63, 3.8) is 0 Å². The van der Waals surface area contributed by atoms with Gasteiger partial charge in [-0.1, -0.05) is 17.4 Å². The number of benzene rings is 1. The summed E-state index contributed by atoms with van der Waals surface area (Å²) in [6, 6.07) is 5.26. The summed E-state index contributed by atoms with van der Waals surface area (Å²) in [5.41, 5.74) is 0.559. The molecule has 0 aliphatic carbocycles. The first-order valence-electron chi connectivity index (χ1n) is 7.17. The summed E-state index contributed by atoms with van der Waals surface area (Å²) >= 11 is 1.48. The second kappa shape index (κ2) is 6.49. The summed E-state index contributed by atoms with van der Waals surface area (Å²) < 4.78 is 29.8. The molecule has 3 rings (SSSR count). The molecule has 0 atom stereocenters. The number of anilines is 1. The van der Waals surface area contributed by atoms with E-state index >= 15 is 0 Å².